The minimum atomic E-state index is -1.50. The van der Waals surface area contributed by atoms with E-state index in [9.17, 15) is 44.6 Å². The van der Waals surface area contributed by atoms with Crippen LogP contribution in [0.4, 0.5) is 11.4 Å². The Hall–Kier alpha value is -7.54. The van der Waals surface area contributed by atoms with Gasteiger partial charge in [0.15, 0.2) is 5.75 Å². The number of allylic oxidation sites excluding steroid dienone is 1. The number of carbonyl (C=O) groups is 5. The Morgan fingerprint density at radius 1 is 0.460 bits per heavy atom. The van der Waals surface area contributed by atoms with Gasteiger partial charge in [-0.25, -0.2) is 0 Å². The molecule has 8 aromatic rings. The third-order valence-electron chi connectivity index (χ3n) is 24.9. The molecule has 0 aromatic heterocycles. The number of nitrogens with zero attached hydrogens (tertiary/aromatic N) is 3. The summed E-state index contributed by atoms with van der Waals surface area (Å²) in [6.07, 6.45) is 3.24. The number of halogens is 5. The first kappa shape index (κ1) is 128. The van der Waals surface area contributed by atoms with E-state index in [1.165, 1.54) is 39.8 Å². The van der Waals surface area contributed by atoms with Crippen LogP contribution in [0.5, 0.6) is 23.0 Å². The van der Waals surface area contributed by atoms with Gasteiger partial charge in [-0.2, -0.15) is 5.26 Å². The zero-order chi connectivity index (χ0) is 101. The molecule has 12 rings (SSSR count). The summed E-state index contributed by atoms with van der Waals surface area (Å²) < 4.78 is 54.1. The fourth-order valence-corrected chi connectivity index (χ4v) is 17.9. The van der Waals surface area contributed by atoms with E-state index in [4.69, 9.17) is 137 Å². The third-order valence-corrected chi connectivity index (χ3v) is 26.4. The molecule has 0 spiro atoms. The zero-order valence-electron chi connectivity index (χ0n) is 82.0. The number of ether oxygens (including phenoxy) is 9. The maximum atomic E-state index is 11.8. The van der Waals surface area contributed by atoms with Gasteiger partial charge >= 0.3 is 132 Å². The van der Waals surface area contributed by atoms with Crippen LogP contribution in [-0.2, 0) is 92.4 Å². The second-order valence-corrected chi connectivity index (χ2v) is 36.0. The molecule has 4 aliphatic rings. The largest absolute Gasteiger partial charge is 1.00 e. The van der Waals surface area contributed by atoms with Gasteiger partial charge < -0.3 is 80.5 Å². The quantitative estimate of drug-likeness (QED) is 0.00358. The Bertz CT molecular complexity index is 5320. The first-order chi connectivity index (χ1) is 63.9. The van der Waals surface area contributed by atoms with Crippen molar-refractivity contribution in [3.05, 3.63) is 276 Å². The molecule has 0 radical (unpaired) electrons. The molecule has 6 N–H and O–H groups in total. The van der Waals surface area contributed by atoms with Crippen LogP contribution in [0, 0.1) is 78.9 Å². The summed E-state index contributed by atoms with van der Waals surface area (Å²) in [5, 5.41) is 72.3. The smallest absolute Gasteiger partial charge is 1.00 e. The molecule has 0 saturated carbocycles. The maximum absolute atomic E-state index is 11.8. The summed E-state index contributed by atoms with van der Waals surface area (Å²) in [4.78, 5) is 77.3. The number of hydrogen-bond acceptors (Lipinski definition) is 25. The Balaban J connectivity index is 0.000000883. The van der Waals surface area contributed by atoms with Crippen molar-refractivity contribution >= 4 is 99.7 Å². The number of anilines is 1. The van der Waals surface area contributed by atoms with E-state index in [0.29, 0.717) is 75.5 Å². The van der Waals surface area contributed by atoms with Crippen molar-refractivity contribution in [1.29, 1.82) is 5.26 Å². The molecule has 20 atom stereocenters. The van der Waals surface area contributed by atoms with Crippen LogP contribution in [0.25, 0.3) is 0 Å². The molecule has 0 aliphatic carbocycles. The number of nitrogen functional groups attached to an aromatic ring is 1. The number of benzene rings is 8. The SMILES string of the molecule is C.C.C=C(Cl)C#N.CCOc1ccc(Cc2cc([C@@H]3O[C@H](CC)[C@@H](C)[C@H](C)[C@H]3OC(C)=O)ccc2Cl)cc1.CC[C@H]1O[C@@H](c2ccc(Cl)c(Cc3ccc(O)c(N)c3)c2)[C@H](OC(C)=O)[C@@H](C)[C@@H]1C.CC[C@H]1O[C@@H](c2ccc(Cl)c(Cc3ccc(O)c([N+](=O)[O-])c3)c2)[C@H](OC(C)=O)[C@@H](C)[C@@H]1C.CC[C@H]1O[C@@H](c2ccc(Cl)c(Cc3ccc(O)cc3)c2)[C@H](OC(C)=O)[C@@H](C)[C@@H]1C.O=CO[O-].O=[N+]([O-])O.[H-].[K+].[K+]. The van der Waals surface area contributed by atoms with Crippen molar-refractivity contribution in [1.82, 2.24) is 0 Å². The van der Waals surface area contributed by atoms with E-state index in [1.807, 2.05) is 97.9 Å². The summed E-state index contributed by atoms with van der Waals surface area (Å²) in [5.41, 5.74) is 17.0. The number of aromatic hydroxyl groups is 3. The molecule has 750 valence electrons. The normalized spacial score (nSPS) is 23.4. The summed E-state index contributed by atoms with van der Waals surface area (Å²) >= 11 is 30.8. The Morgan fingerprint density at radius 3 is 0.950 bits per heavy atom. The maximum Gasteiger partial charge on any atom is 1.00 e. The zero-order valence-corrected chi connectivity index (χ0v) is 91.0. The van der Waals surface area contributed by atoms with Gasteiger partial charge in [0.2, 0.25) is 0 Å². The number of hydrogen-bond donors (Lipinski definition) is 5. The predicted octanol–water partition coefficient (Wildman–Crippen LogP) is 17.7. The summed E-state index contributed by atoms with van der Waals surface area (Å²) in [7, 11) is 0. The van der Waals surface area contributed by atoms with Crippen molar-refractivity contribution in [2.24, 2.45) is 47.3 Å². The molecule has 4 saturated heterocycles. The number of nitro groups is 1. The molecule has 8 aromatic carbocycles. The Labute approximate surface area is 928 Å². The molecule has 35 heteroatoms. The number of esters is 4. The summed E-state index contributed by atoms with van der Waals surface area (Å²) in [5.74, 6) is 1.28. The van der Waals surface area contributed by atoms with Crippen molar-refractivity contribution in [3.8, 4) is 29.1 Å². The third kappa shape index (κ3) is 38.5. The van der Waals surface area contributed by atoms with Crippen LogP contribution in [0.15, 0.2) is 169 Å². The van der Waals surface area contributed by atoms with Gasteiger partial charge in [-0.1, -0.05) is 247 Å². The average molecular weight is 2080 g/mol. The minimum Gasteiger partial charge on any atom is -1.00 e. The molecule has 139 heavy (non-hydrogen) atoms. The van der Waals surface area contributed by atoms with E-state index >= 15 is 0 Å². The molecule has 0 unspecified atom stereocenters. The number of phenols is 3. The van der Waals surface area contributed by atoms with E-state index in [2.05, 4.69) is 113 Å². The van der Waals surface area contributed by atoms with E-state index < -0.39 is 22.2 Å². The molecule has 0 bridgehead atoms. The fourth-order valence-electron chi connectivity index (χ4n) is 17.1. The van der Waals surface area contributed by atoms with Crippen molar-refractivity contribution in [2.45, 2.75) is 257 Å². The van der Waals surface area contributed by atoms with E-state index in [1.54, 1.807) is 42.5 Å². The first-order valence-corrected chi connectivity index (χ1v) is 46.5. The van der Waals surface area contributed by atoms with Gasteiger partial charge in [0, 0.05) is 77.5 Å². The van der Waals surface area contributed by atoms with Crippen LogP contribution < -0.4 is 118 Å². The number of rotatable bonds is 24. The number of nitro benzene ring substituents is 1. The summed E-state index contributed by atoms with van der Waals surface area (Å²) in [6.45, 7) is 36.7. The molecule has 0 amide bonds. The Kier molecular flexibility index (Phi) is 57.7. The van der Waals surface area contributed by atoms with Crippen LogP contribution in [-0.4, -0.2) is 116 Å². The number of nitrogens with two attached hydrogens (primary N) is 1. The monoisotopic (exact) mass is 2070 g/mol. The minimum absolute atomic E-state index is 0. The fraction of sp³-hybridized carbons (Fsp3) is 0.462. The predicted molar refractivity (Wildman–Crippen MR) is 528 cm³/mol. The van der Waals surface area contributed by atoms with Crippen LogP contribution in [0.3, 0.4) is 0 Å². The van der Waals surface area contributed by atoms with Gasteiger partial charge in [-0.05, 0) is 215 Å². The van der Waals surface area contributed by atoms with Crippen molar-refractivity contribution < 1.29 is 211 Å². The van der Waals surface area contributed by atoms with Gasteiger partial charge in [0.25, 0.3) is 11.6 Å². The summed E-state index contributed by atoms with van der Waals surface area (Å²) in [6, 6.07) is 49.4. The van der Waals surface area contributed by atoms with Gasteiger partial charge in [-0.15, -0.1) is 10.1 Å². The number of phenolic OH excluding ortho intramolecular Hbond substituents is 3. The van der Waals surface area contributed by atoms with Gasteiger partial charge in [0.1, 0.15) is 77.2 Å². The molecular formula is C104H133Cl5K2N4O24. The van der Waals surface area contributed by atoms with E-state index in [0.717, 1.165) is 92.6 Å². The molecule has 4 heterocycles. The van der Waals surface area contributed by atoms with Crippen LogP contribution in [0.2, 0.25) is 20.1 Å². The van der Waals surface area contributed by atoms with Gasteiger partial charge in [0.05, 0.1) is 41.6 Å². The average Bonchev–Trinajstić information content (AvgIpc) is 0.789. The second kappa shape index (κ2) is 62.9. The number of carbonyl (C=O) groups excluding carboxylic acids is 5. The molecule has 4 aliphatic heterocycles. The molecule has 28 nitrogen and oxygen atoms in total. The topological polar surface area (TPSA) is 418 Å². The molecular weight excluding hydrogens is 1940 g/mol. The first-order valence-electron chi connectivity index (χ1n) is 44.7. The Morgan fingerprint density at radius 2 is 0.712 bits per heavy atom. The standard InChI is InChI=1S/C26H33ClO4.C24H28ClNO6.C24H30ClNO4.C24H29ClO4.C3H2ClN.CH2O3.2CH4.2K.HNO3.H/c1-6-24-16(3)17(4)25(30-18(5)28)26(31-24)20-10-13-23(27)21(15-20)14-19-8-11-22(12-9-19)29-7-2;1-5-22-13(2)14(3)23(31-15(4)27)24(32-22)17-7-8-19(25)18(12-17)10-16-6-9-21(28)20(11-16)26(29)30;1-5-22-13(2)14(3)23(29-15(4)27)24(30-22)17-7-8-19(25)18(12-17)10-16-6-9-21(28)20(26)11-16;1-5-22-14(2)15(3)23(28-16(4)26)24(29-22)18-8-11-21(25)19(13-18)12-17-6-9-20(27)10-7-17;1-3(4)2-5;2-1-4-3;;;;;2-1(3)4;/h8-13,15-17,24-26H,6-7,14H2,1-5H3;6-9,11-14,22-24,28H,5,10H2,1-4H3;6-9,11-14,22-24,28H,5,10,26H2,1-4H3;6-11,13-15,22-24,27H,5,12H2,1-4H3;1H2;1,3H;2*1H4;;;(H,2,3,4);/q;;;;;;;;2*+1;;-1/p-1/t16-,17-,24+,25+,26-;2*13-,14-,22+,23+,24-;14-,15-,22+,23+,24-;;;;;;;;/m0000......../s1. The second-order valence-electron chi connectivity index (χ2n) is 34.0. The molecule has 4 fully saturated rings. The van der Waals surface area contributed by atoms with Crippen molar-refractivity contribution in [2.75, 3.05) is 12.3 Å². The van der Waals surface area contributed by atoms with Crippen LogP contribution >= 0.6 is 58.0 Å². The van der Waals surface area contributed by atoms with Gasteiger partial charge in [-0.3, -0.25) is 34.1 Å². The van der Waals surface area contributed by atoms with Crippen LogP contribution in [0.1, 0.15) is 251 Å². The van der Waals surface area contributed by atoms with Crippen molar-refractivity contribution in [3.63, 3.8) is 0 Å². The van der Waals surface area contributed by atoms with E-state index in [-0.39, 0.29) is 274 Å². The number of nitriles is 1.